The van der Waals surface area contributed by atoms with Gasteiger partial charge in [-0.3, -0.25) is 4.79 Å². The van der Waals surface area contributed by atoms with Gasteiger partial charge in [0, 0.05) is 17.4 Å². The summed E-state index contributed by atoms with van der Waals surface area (Å²) in [5.41, 5.74) is 1.57. The molecule has 12 heteroatoms. The second-order valence-corrected chi connectivity index (χ2v) is 9.45. The largest absolute Gasteiger partial charge is 0.493 e. The maximum absolute atomic E-state index is 14.0. The molecule has 190 valence electrons. The van der Waals surface area contributed by atoms with Crippen LogP contribution in [0.1, 0.15) is 57.5 Å². The van der Waals surface area contributed by atoms with Gasteiger partial charge < -0.3 is 20.1 Å². The minimum absolute atomic E-state index is 0.0608. The molecule has 1 aromatic carbocycles. The van der Waals surface area contributed by atoms with Crippen LogP contribution in [0.25, 0.3) is 0 Å². The average Bonchev–Trinajstić information content (AvgIpc) is 3.42. The molecule has 2 aromatic heterocycles. The highest BCUT2D eigenvalue weighted by Gasteiger charge is 2.47. The summed E-state index contributed by atoms with van der Waals surface area (Å²) in [4.78, 5) is 13.8. The first-order chi connectivity index (χ1) is 17.1. The number of nitriles is 1. The molecule has 3 aromatic rings. The molecular formula is C24H24F3N5O3S. The standard InChI is InChI=1S/C24H24F3N5O3S/c1-5-14-12(2)36-23(15(14)11-28)30-22(33)17-10-21-29-16(9-20(24(25,26)27)32(21)31-17)13-6-7-18(34-3)19(8-13)35-4/h6-8,10,16,20,29H,5,9H2,1-4H3,(H,30,33)/t16-,20+/m0/s1. The Morgan fingerprint density at radius 1 is 1.31 bits per heavy atom. The van der Waals surface area contributed by atoms with Gasteiger partial charge in [-0.15, -0.1) is 11.3 Å². The molecule has 4 rings (SSSR count). The Morgan fingerprint density at radius 3 is 2.64 bits per heavy atom. The fourth-order valence-corrected chi connectivity index (χ4v) is 5.44. The summed E-state index contributed by atoms with van der Waals surface area (Å²) in [6, 6.07) is 5.64. The van der Waals surface area contributed by atoms with E-state index >= 15 is 0 Å². The summed E-state index contributed by atoms with van der Waals surface area (Å²) in [7, 11) is 2.92. The monoisotopic (exact) mass is 519 g/mol. The molecule has 0 fully saturated rings. The molecule has 0 spiro atoms. The smallest absolute Gasteiger partial charge is 0.410 e. The van der Waals surface area contributed by atoms with E-state index in [1.807, 2.05) is 13.8 Å². The van der Waals surface area contributed by atoms with E-state index < -0.39 is 24.2 Å². The topological polar surface area (TPSA) is 101 Å². The third kappa shape index (κ3) is 4.58. The number of benzene rings is 1. The van der Waals surface area contributed by atoms with Gasteiger partial charge in [0.1, 0.15) is 16.9 Å². The van der Waals surface area contributed by atoms with Crippen molar-refractivity contribution >= 4 is 28.1 Å². The van der Waals surface area contributed by atoms with E-state index in [9.17, 15) is 23.2 Å². The Morgan fingerprint density at radius 2 is 2.03 bits per heavy atom. The number of carbonyl (C=O) groups excluding carboxylic acids is 1. The fraction of sp³-hybridized carbons (Fsp3) is 0.375. The number of thiophene rings is 1. The second-order valence-electron chi connectivity index (χ2n) is 8.22. The number of carbonyl (C=O) groups is 1. The molecule has 0 saturated heterocycles. The maximum atomic E-state index is 14.0. The molecule has 8 nitrogen and oxygen atoms in total. The van der Waals surface area contributed by atoms with Crippen LogP contribution < -0.4 is 20.1 Å². The first-order valence-corrected chi connectivity index (χ1v) is 11.9. The van der Waals surface area contributed by atoms with Gasteiger partial charge in [0.05, 0.1) is 25.8 Å². The van der Waals surface area contributed by atoms with Crippen LogP contribution in [0, 0.1) is 18.3 Å². The van der Waals surface area contributed by atoms with Gasteiger partial charge in [-0.1, -0.05) is 13.0 Å². The predicted octanol–water partition coefficient (Wildman–Crippen LogP) is 5.62. The number of alkyl halides is 3. The zero-order valence-electron chi connectivity index (χ0n) is 20.0. The van der Waals surface area contributed by atoms with E-state index in [0.29, 0.717) is 34.0 Å². The molecule has 0 saturated carbocycles. The lowest BCUT2D eigenvalue weighted by Crippen LogP contribution is -2.35. The second kappa shape index (κ2) is 9.73. The molecule has 0 aliphatic carbocycles. The van der Waals surface area contributed by atoms with Gasteiger partial charge in [0.2, 0.25) is 0 Å². The van der Waals surface area contributed by atoms with E-state index in [4.69, 9.17) is 9.47 Å². The molecule has 2 atom stereocenters. The Labute approximate surface area is 209 Å². The summed E-state index contributed by atoms with van der Waals surface area (Å²) >= 11 is 1.25. The summed E-state index contributed by atoms with van der Waals surface area (Å²) in [6.07, 6.45) is -4.31. The molecule has 36 heavy (non-hydrogen) atoms. The lowest BCUT2D eigenvalue weighted by Gasteiger charge is -2.33. The van der Waals surface area contributed by atoms with Crippen LogP contribution in [0.4, 0.5) is 24.0 Å². The molecule has 1 aliphatic rings. The van der Waals surface area contributed by atoms with Crippen molar-refractivity contribution < 1.29 is 27.4 Å². The van der Waals surface area contributed by atoms with E-state index in [1.165, 1.54) is 31.6 Å². The van der Waals surface area contributed by atoms with E-state index in [-0.39, 0.29) is 17.9 Å². The quantitative estimate of drug-likeness (QED) is 0.439. The van der Waals surface area contributed by atoms with Crippen molar-refractivity contribution in [1.29, 1.82) is 5.26 Å². The highest BCUT2D eigenvalue weighted by Crippen LogP contribution is 2.45. The highest BCUT2D eigenvalue weighted by atomic mass is 32.1. The van der Waals surface area contributed by atoms with Crippen molar-refractivity contribution in [3.8, 4) is 17.6 Å². The zero-order valence-corrected chi connectivity index (χ0v) is 20.8. The number of aromatic nitrogens is 2. The Bertz CT molecular complexity index is 1340. The van der Waals surface area contributed by atoms with E-state index in [1.54, 1.807) is 18.2 Å². The zero-order chi connectivity index (χ0) is 26.2. The minimum atomic E-state index is -4.60. The number of halogens is 3. The predicted molar refractivity (Wildman–Crippen MR) is 129 cm³/mol. The first kappa shape index (κ1) is 25.4. The fourth-order valence-electron chi connectivity index (χ4n) is 4.35. The van der Waals surface area contributed by atoms with Crippen molar-refractivity contribution in [2.75, 3.05) is 24.9 Å². The number of hydrogen-bond acceptors (Lipinski definition) is 7. The number of fused-ring (bicyclic) bond motifs is 1. The number of aryl methyl sites for hydroxylation is 1. The van der Waals surface area contributed by atoms with Gasteiger partial charge in [-0.25, -0.2) is 4.68 Å². The summed E-state index contributed by atoms with van der Waals surface area (Å²) < 4.78 is 53.5. The molecule has 0 radical (unpaired) electrons. The molecule has 1 amide bonds. The minimum Gasteiger partial charge on any atom is -0.493 e. The molecule has 2 N–H and O–H groups in total. The van der Waals surface area contributed by atoms with Crippen LogP contribution in [0.2, 0.25) is 0 Å². The van der Waals surface area contributed by atoms with E-state index in [0.717, 1.165) is 15.1 Å². The van der Waals surface area contributed by atoms with Crippen molar-refractivity contribution in [1.82, 2.24) is 9.78 Å². The highest BCUT2D eigenvalue weighted by molar-refractivity contribution is 7.16. The van der Waals surface area contributed by atoms with Gasteiger partial charge in [-0.05, 0) is 36.6 Å². The van der Waals surface area contributed by atoms with Crippen molar-refractivity contribution in [2.45, 2.75) is 44.9 Å². The van der Waals surface area contributed by atoms with Gasteiger partial charge in [0.15, 0.2) is 23.2 Å². The number of methoxy groups -OCH3 is 2. The first-order valence-electron chi connectivity index (χ1n) is 11.1. The Hall–Kier alpha value is -3.72. The molecule has 0 unspecified atom stereocenters. The van der Waals surface area contributed by atoms with Crippen LogP contribution in [0.5, 0.6) is 11.5 Å². The number of rotatable bonds is 6. The lowest BCUT2D eigenvalue weighted by molar-refractivity contribution is -0.173. The van der Waals surface area contributed by atoms with Crippen molar-refractivity contribution in [3.05, 3.63) is 51.5 Å². The number of anilines is 2. The normalized spacial score (nSPS) is 17.1. The molecule has 0 bridgehead atoms. The molecule has 1 aliphatic heterocycles. The van der Waals surface area contributed by atoms with Gasteiger partial charge in [0.25, 0.3) is 5.91 Å². The van der Waals surface area contributed by atoms with Crippen LogP contribution >= 0.6 is 11.3 Å². The SMILES string of the molecule is CCc1c(C)sc(NC(=O)c2cc3n(n2)[C@@H](C(F)(F)F)C[C@@H](c2ccc(OC)c(OC)c2)N3)c1C#N. The Kier molecular flexibility index (Phi) is 6.86. The average molecular weight is 520 g/mol. The summed E-state index contributed by atoms with van der Waals surface area (Å²) in [6.45, 7) is 3.75. The maximum Gasteiger partial charge on any atom is 0.410 e. The van der Waals surface area contributed by atoms with Gasteiger partial charge in [-0.2, -0.15) is 23.5 Å². The third-order valence-corrected chi connectivity index (χ3v) is 7.20. The van der Waals surface area contributed by atoms with Crippen molar-refractivity contribution in [2.24, 2.45) is 0 Å². The van der Waals surface area contributed by atoms with E-state index in [2.05, 4.69) is 21.8 Å². The summed E-state index contributed by atoms with van der Waals surface area (Å²) in [5, 5.41) is 19.6. The number of amides is 1. The van der Waals surface area contributed by atoms with Gasteiger partial charge >= 0.3 is 6.18 Å². The molecule has 3 heterocycles. The van der Waals surface area contributed by atoms with Crippen LogP contribution in [0.15, 0.2) is 24.3 Å². The molecular weight excluding hydrogens is 495 g/mol. The third-order valence-electron chi connectivity index (χ3n) is 6.13. The van der Waals surface area contributed by atoms with Crippen LogP contribution in [-0.2, 0) is 6.42 Å². The number of ether oxygens (including phenoxy) is 2. The summed E-state index contributed by atoms with van der Waals surface area (Å²) in [5.74, 6) is 0.221. The Balaban J connectivity index is 1.67. The number of nitrogens with zero attached hydrogens (tertiary/aromatic N) is 3. The van der Waals surface area contributed by atoms with Crippen molar-refractivity contribution in [3.63, 3.8) is 0 Å². The lowest BCUT2D eigenvalue weighted by atomic mass is 9.96. The van der Waals surface area contributed by atoms with Crippen LogP contribution in [0.3, 0.4) is 0 Å². The number of nitrogens with one attached hydrogen (secondary N) is 2. The van der Waals surface area contributed by atoms with Crippen LogP contribution in [-0.4, -0.2) is 36.1 Å². The number of hydrogen-bond donors (Lipinski definition) is 2.